The summed E-state index contributed by atoms with van der Waals surface area (Å²) in [7, 11) is 0. The molecule has 1 fully saturated rings. The predicted molar refractivity (Wildman–Crippen MR) is 75.0 cm³/mol. The molecular weight excluding hydrogens is 256 g/mol. The van der Waals surface area contributed by atoms with E-state index in [2.05, 4.69) is 5.32 Å². The van der Waals surface area contributed by atoms with Crippen molar-refractivity contribution in [3.63, 3.8) is 0 Å². The van der Waals surface area contributed by atoms with Crippen LogP contribution in [0.3, 0.4) is 0 Å². The Morgan fingerprint density at radius 3 is 2.75 bits per heavy atom. The Kier molecular flexibility index (Phi) is 5.12. The SMILES string of the molecule is O=C(Cc1ccccc1)NCC(=O)N1CCCC1CO. The third-order valence-electron chi connectivity index (χ3n) is 3.55. The standard InChI is InChI=1S/C15H20N2O3/c18-11-13-7-4-8-17(13)15(20)10-16-14(19)9-12-5-2-1-3-6-12/h1-3,5-6,13,18H,4,7-11H2,(H,16,19). The number of benzene rings is 1. The first kappa shape index (κ1) is 14.5. The van der Waals surface area contributed by atoms with Crippen LogP contribution in [0.5, 0.6) is 0 Å². The Morgan fingerprint density at radius 2 is 2.05 bits per heavy atom. The van der Waals surface area contributed by atoms with Crippen LogP contribution in [0.15, 0.2) is 30.3 Å². The fourth-order valence-corrected chi connectivity index (χ4v) is 2.47. The third-order valence-corrected chi connectivity index (χ3v) is 3.55. The van der Waals surface area contributed by atoms with Crippen LogP contribution in [0.1, 0.15) is 18.4 Å². The summed E-state index contributed by atoms with van der Waals surface area (Å²) in [5.41, 5.74) is 0.923. The number of nitrogens with zero attached hydrogens (tertiary/aromatic N) is 1. The average molecular weight is 276 g/mol. The molecule has 5 heteroatoms. The van der Waals surface area contributed by atoms with Crippen molar-refractivity contribution in [3.05, 3.63) is 35.9 Å². The maximum absolute atomic E-state index is 12.0. The molecule has 1 aromatic carbocycles. The maximum Gasteiger partial charge on any atom is 0.242 e. The number of carbonyl (C=O) groups is 2. The van der Waals surface area contributed by atoms with E-state index in [4.69, 9.17) is 0 Å². The fourth-order valence-electron chi connectivity index (χ4n) is 2.47. The molecule has 1 heterocycles. The Bertz CT molecular complexity index is 461. The van der Waals surface area contributed by atoms with Crippen molar-refractivity contribution in [3.8, 4) is 0 Å². The van der Waals surface area contributed by atoms with Crippen LogP contribution in [0, 0.1) is 0 Å². The molecule has 1 aromatic rings. The molecule has 1 aliphatic heterocycles. The van der Waals surface area contributed by atoms with Gasteiger partial charge in [-0.3, -0.25) is 9.59 Å². The second-order valence-corrected chi connectivity index (χ2v) is 5.00. The number of aliphatic hydroxyl groups is 1. The van der Waals surface area contributed by atoms with Gasteiger partial charge >= 0.3 is 0 Å². The van der Waals surface area contributed by atoms with E-state index in [0.29, 0.717) is 6.54 Å². The Morgan fingerprint density at radius 1 is 1.30 bits per heavy atom. The lowest BCUT2D eigenvalue weighted by Gasteiger charge is -2.23. The first-order valence-electron chi connectivity index (χ1n) is 6.91. The second kappa shape index (κ2) is 7.05. The average Bonchev–Trinajstić information content (AvgIpc) is 2.94. The molecule has 2 amide bonds. The molecule has 1 saturated heterocycles. The van der Waals surface area contributed by atoms with Gasteiger partial charge in [0, 0.05) is 6.54 Å². The lowest BCUT2D eigenvalue weighted by Crippen LogP contribution is -2.44. The lowest BCUT2D eigenvalue weighted by molar-refractivity contribution is -0.134. The number of nitrogens with one attached hydrogen (secondary N) is 1. The largest absolute Gasteiger partial charge is 0.394 e. The van der Waals surface area contributed by atoms with Gasteiger partial charge in [-0.05, 0) is 18.4 Å². The van der Waals surface area contributed by atoms with Crippen LogP contribution in [0.4, 0.5) is 0 Å². The Hall–Kier alpha value is -1.88. The molecule has 1 unspecified atom stereocenters. The summed E-state index contributed by atoms with van der Waals surface area (Å²) in [4.78, 5) is 25.4. The zero-order valence-corrected chi connectivity index (χ0v) is 11.4. The van der Waals surface area contributed by atoms with E-state index >= 15 is 0 Å². The van der Waals surface area contributed by atoms with Crippen molar-refractivity contribution in [2.24, 2.45) is 0 Å². The normalized spacial score (nSPS) is 18.1. The first-order chi connectivity index (χ1) is 9.70. The van der Waals surface area contributed by atoms with Gasteiger partial charge in [0.2, 0.25) is 11.8 Å². The van der Waals surface area contributed by atoms with Crippen molar-refractivity contribution < 1.29 is 14.7 Å². The van der Waals surface area contributed by atoms with E-state index in [0.717, 1.165) is 18.4 Å². The van der Waals surface area contributed by atoms with Crippen molar-refractivity contribution in [2.75, 3.05) is 19.7 Å². The van der Waals surface area contributed by atoms with Gasteiger partial charge in [0.15, 0.2) is 0 Å². The summed E-state index contributed by atoms with van der Waals surface area (Å²) >= 11 is 0. The van der Waals surface area contributed by atoms with Gasteiger partial charge in [-0.15, -0.1) is 0 Å². The number of carbonyl (C=O) groups excluding carboxylic acids is 2. The van der Waals surface area contributed by atoms with Crippen molar-refractivity contribution in [1.82, 2.24) is 10.2 Å². The summed E-state index contributed by atoms with van der Waals surface area (Å²) in [5, 5.41) is 11.8. The number of rotatable bonds is 5. The van der Waals surface area contributed by atoms with Crippen molar-refractivity contribution >= 4 is 11.8 Å². The highest BCUT2D eigenvalue weighted by Gasteiger charge is 2.27. The highest BCUT2D eigenvalue weighted by Crippen LogP contribution is 2.16. The molecule has 1 aliphatic rings. The minimum atomic E-state index is -0.163. The number of hydrogen-bond donors (Lipinski definition) is 2. The number of amides is 2. The van der Waals surface area contributed by atoms with Gasteiger partial charge in [0.1, 0.15) is 0 Å². The van der Waals surface area contributed by atoms with Gasteiger partial charge in [-0.25, -0.2) is 0 Å². The van der Waals surface area contributed by atoms with Crippen LogP contribution in [-0.4, -0.2) is 47.6 Å². The highest BCUT2D eigenvalue weighted by molar-refractivity contribution is 5.86. The van der Waals surface area contributed by atoms with E-state index < -0.39 is 0 Å². The van der Waals surface area contributed by atoms with Crippen LogP contribution < -0.4 is 5.32 Å². The first-order valence-corrected chi connectivity index (χ1v) is 6.91. The zero-order chi connectivity index (χ0) is 14.4. The molecule has 0 aliphatic carbocycles. The fraction of sp³-hybridized carbons (Fsp3) is 0.467. The van der Waals surface area contributed by atoms with E-state index in [1.807, 2.05) is 30.3 Å². The molecule has 20 heavy (non-hydrogen) atoms. The van der Waals surface area contributed by atoms with Gasteiger partial charge in [-0.1, -0.05) is 30.3 Å². The van der Waals surface area contributed by atoms with Crippen LogP contribution in [-0.2, 0) is 16.0 Å². The lowest BCUT2D eigenvalue weighted by atomic mass is 10.1. The van der Waals surface area contributed by atoms with Gasteiger partial charge in [0.05, 0.1) is 25.6 Å². The number of aliphatic hydroxyl groups excluding tert-OH is 1. The van der Waals surface area contributed by atoms with Crippen molar-refractivity contribution in [2.45, 2.75) is 25.3 Å². The zero-order valence-electron chi connectivity index (χ0n) is 11.4. The Balaban J connectivity index is 1.77. The summed E-state index contributed by atoms with van der Waals surface area (Å²) in [5.74, 6) is -0.285. The quantitative estimate of drug-likeness (QED) is 0.814. The molecule has 1 atom stereocenters. The molecular formula is C15H20N2O3. The number of likely N-dealkylation sites (tertiary alicyclic amines) is 1. The van der Waals surface area contributed by atoms with Gasteiger partial charge < -0.3 is 15.3 Å². The minimum Gasteiger partial charge on any atom is -0.394 e. The van der Waals surface area contributed by atoms with Crippen LogP contribution >= 0.6 is 0 Å². The topological polar surface area (TPSA) is 69.6 Å². The molecule has 0 radical (unpaired) electrons. The van der Waals surface area contributed by atoms with E-state index in [9.17, 15) is 14.7 Å². The second-order valence-electron chi connectivity index (χ2n) is 5.00. The van der Waals surface area contributed by atoms with E-state index in [-0.39, 0.29) is 37.4 Å². The molecule has 2 N–H and O–H groups in total. The van der Waals surface area contributed by atoms with Crippen molar-refractivity contribution in [1.29, 1.82) is 0 Å². The Labute approximate surface area is 118 Å². The third kappa shape index (κ3) is 3.81. The van der Waals surface area contributed by atoms with E-state index in [1.165, 1.54) is 0 Å². The molecule has 0 aromatic heterocycles. The summed E-state index contributed by atoms with van der Waals surface area (Å²) in [6, 6.07) is 9.32. The molecule has 108 valence electrons. The van der Waals surface area contributed by atoms with Gasteiger partial charge in [-0.2, -0.15) is 0 Å². The highest BCUT2D eigenvalue weighted by atomic mass is 16.3. The maximum atomic E-state index is 12.0. The molecule has 2 rings (SSSR count). The molecule has 0 spiro atoms. The summed E-state index contributed by atoms with van der Waals surface area (Å²) in [6.45, 7) is 0.657. The summed E-state index contributed by atoms with van der Waals surface area (Å²) in [6.07, 6.45) is 2.02. The molecule has 0 saturated carbocycles. The molecule has 0 bridgehead atoms. The van der Waals surface area contributed by atoms with Crippen LogP contribution in [0.25, 0.3) is 0 Å². The number of hydrogen-bond acceptors (Lipinski definition) is 3. The van der Waals surface area contributed by atoms with Gasteiger partial charge in [0.25, 0.3) is 0 Å². The monoisotopic (exact) mass is 276 g/mol. The van der Waals surface area contributed by atoms with E-state index in [1.54, 1.807) is 4.90 Å². The smallest absolute Gasteiger partial charge is 0.242 e. The minimum absolute atomic E-state index is 0.00215. The summed E-state index contributed by atoms with van der Waals surface area (Å²) < 4.78 is 0. The molecule has 5 nitrogen and oxygen atoms in total. The van der Waals surface area contributed by atoms with Crippen LogP contribution in [0.2, 0.25) is 0 Å². The predicted octanol–water partition coefficient (Wildman–Crippen LogP) is 0.329.